The lowest BCUT2D eigenvalue weighted by atomic mass is 9.66. The summed E-state index contributed by atoms with van der Waals surface area (Å²) in [7, 11) is 2.07. The maximum Gasteiger partial charge on any atom is 0.496 e. The van der Waals surface area contributed by atoms with Crippen LogP contribution in [0, 0.1) is 0 Å². The predicted molar refractivity (Wildman–Crippen MR) is 226 cm³/mol. The van der Waals surface area contributed by atoms with Crippen LogP contribution in [0.4, 0.5) is 17.1 Å². The summed E-state index contributed by atoms with van der Waals surface area (Å²) >= 11 is 0. The van der Waals surface area contributed by atoms with Gasteiger partial charge in [-0.2, -0.15) is 0 Å². The fourth-order valence-corrected chi connectivity index (χ4v) is 9.29. The third-order valence-electron chi connectivity index (χ3n) is 11.8. The molecule has 6 aromatic carbocycles. The molecular weight excluding hydrogens is 685 g/mol. The molecule has 266 valence electrons. The third kappa shape index (κ3) is 4.48. The number of rotatable bonds is 4. The second kappa shape index (κ2) is 11.7. The molecule has 0 saturated heterocycles. The van der Waals surface area contributed by atoms with Gasteiger partial charge in [0.25, 0.3) is 11.4 Å². The van der Waals surface area contributed by atoms with Crippen LogP contribution in [0.15, 0.2) is 158 Å². The molecule has 1 aliphatic heterocycles. The Kier molecular flexibility index (Phi) is 6.80. The highest BCUT2D eigenvalue weighted by Gasteiger charge is 2.47. The van der Waals surface area contributed by atoms with E-state index in [4.69, 9.17) is 9.97 Å². The van der Waals surface area contributed by atoms with Crippen LogP contribution in [0.1, 0.15) is 48.6 Å². The van der Waals surface area contributed by atoms with Gasteiger partial charge in [-0.15, -0.1) is 0 Å². The molecule has 0 fully saturated rings. The van der Waals surface area contributed by atoms with E-state index in [1.54, 1.807) is 12.4 Å². The summed E-state index contributed by atoms with van der Waals surface area (Å²) in [4.78, 5) is 14.3. The minimum Gasteiger partial charge on any atom is -0.292 e. The maximum absolute atomic E-state index is 4.92. The maximum atomic E-state index is 4.92. The second-order valence-corrected chi connectivity index (χ2v) is 16.0. The van der Waals surface area contributed by atoms with Crippen molar-refractivity contribution in [3.8, 4) is 16.9 Å². The SMILES string of the molecule is C[N+]1=C=[N+](c2cc(C(C)(C)C)cc(C3(c4ccc5c(c4)c4ccccc4n5-c4nccc5nccnc45)c4ccccc4-c4ccccc43)c2)c2ccccc21. The first-order valence-electron chi connectivity index (χ1n) is 19.2. The molecule has 11 rings (SSSR count). The Hall–Kier alpha value is -7.01. The Balaban J connectivity index is 1.25. The number of pyridine rings is 1. The highest BCUT2D eigenvalue weighted by Crippen LogP contribution is 2.57. The van der Waals surface area contributed by atoms with Gasteiger partial charge < -0.3 is 0 Å². The van der Waals surface area contributed by atoms with E-state index in [-0.39, 0.29) is 5.41 Å². The highest BCUT2D eigenvalue weighted by molar-refractivity contribution is 6.10. The van der Waals surface area contributed by atoms with Crippen molar-refractivity contribution in [3.05, 3.63) is 186 Å². The molecule has 2 aliphatic rings. The molecule has 9 aromatic rings. The van der Waals surface area contributed by atoms with Gasteiger partial charge in [0.05, 0.1) is 22.0 Å². The van der Waals surface area contributed by atoms with Gasteiger partial charge in [-0.25, -0.2) is 9.97 Å². The highest BCUT2D eigenvalue weighted by atomic mass is 15.2. The number of benzene rings is 6. The van der Waals surface area contributed by atoms with Gasteiger partial charge >= 0.3 is 6.01 Å². The van der Waals surface area contributed by atoms with E-state index in [1.165, 1.54) is 38.9 Å². The molecule has 0 N–H and O–H groups in total. The zero-order valence-electron chi connectivity index (χ0n) is 31.7. The molecule has 0 amide bonds. The van der Waals surface area contributed by atoms with Crippen LogP contribution in [0.3, 0.4) is 0 Å². The van der Waals surface area contributed by atoms with Gasteiger partial charge in [-0.3, -0.25) is 9.55 Å². The fraction of sp³-hybridized carbons (Fsp3) is 0.120. The molecule has 0 atom stereocenters. The Morgan fingerprint density at radius 3 is 2.05 bits per heavy atom. The van der Waals surface area contributed by atoms with E-state index in [2.05, 4.69) is 186 Å². The summed E-state index contributed by atoms with van der Waals surface area (Å²) in [5.74, 6) is 0.770. The number of hydrogen-bond acceptors (Lipinski definition) is 3. The Bertz CT molecular complexity index is 3140. The van der Waals surface area contributed by atoms with Crippen LogP contribution in [0.2, 0.25) is 0 Å². The zero-order valence-corrected chi connectivity index (χ0v) is 31.7. The first kappa shape index (κ1) is 32.4. The smallest absolute Gasteiger partial charge is 0.292 e. The first-order valence-corrected chi connectivity index (χ1v) is 19.2. The average molecular weight is 723 g/mol. The van der Waals surface area contributed by atoms with Crippen LogP contribution in [0.25, 0.3) is 49.8 Å². The van der Waals surface area contributed by atoms with Crippen molar-refractivity contribution in [2.75, 3.05) is 7.05 Å². The van der Waals surface area contributed by atoms with Gasteiger partial charge in [0.2, 0.25) is 5.69 Å². The average Bonchev–Trinajstić information content (AvgIpc) is 3.86. The number of fused-ring (bicyclic) bond motifs is 8. The monoisotopic (exact) mass is 722 g/mol. The molecule has 0 bridgehead atoms. The van der Waals surface area contributed by atoms with E-state index in [1.807, 2.05) is 12.3 Å². The topological polar surface area (TPSA) is 49.6 Å². The summed E-state index contributed by atoms with van der Waals surface area (Å²) in [6.07, 6.45) is 5.30. The largest absolute Gasteiger partial charge is 0.496 e. The van der Waals surface area contributed by atoms with Crippen molar-refractivity contribution in [2.24, 2.45) is 0 Å². The molecule has 0 radical (unpaired) electrons. The van der Waals surface area contributed by atoms with Crippen LogP contribution in [-0.2, 0) is 10.8 Å². The molecule has 4 heterocycles. The number of aromatic nitrogens is 4. The zero-order chi connectivity index (χ0) is 37.8. The van der Waals surface area contributed by atoms with Gasteiger partial charge in [0, 0.05) is 53.6 Å². The molecule has 6 nitrogen and oxygen atoms in total. The fourth-order valence-electron chi connectivity index (χ4n) is 9.29. The van der Waals surface area contributed by atoms with Crippen LogP contribution >= 0.6 is 0 Å². The van der Waals surface area contributed by atoms with Crippen molar-refractivity contribution in [1.29, 1.82) is 0 Å². The van der Waals surface area contributed by atoms with E-state index in [0.29, 0.717) is 0 Å². The standard InChI is InChI=1S/C50H38N6/c1-49(2,3)33-27-34(29-35(28-33)55-31-54(4)45-19-11-12-20-46(45)55)50(40-16-8-5-13-36(40)37-14-6-9-17-41(37)50)32-21-22-44-39(30-32)38-15-7-10-18-43(38)56(44)48-47-42(23-24-53-48)51-25-26-52-47/h5-30H,1-4H3/q+2. The van der Waals surface area contributed by atoms with Gasteiger partial charge in [0.15, 0.2) is 12.9 Å². The van der Waals surface area contributed by atoms with Gasteiger partial charge in [-0.05, 0) is 73.2 Å². The Labute approximate surface area is 325 Å². The van der Waals surface area contributed by atoms with E-state index in [0.717, 1.165) is 55.7 Å². The molecule has 1 aliphatic carbocycles. The molecule has 0 saturated carbocycles. The normalized spacial score (nSPS) is 14.1. The van der Waals surface area contributed by atoms with E-state index < -0.39 is 5.41 Å². The van der Waals surface area contributed by atoms with Crippen molar-refractivity contribution in [3.63, 3.8) is 0 Å². The van der Waals surface area contributed by atoms with Crippen molar-refractivity contribution < 1.29 is 4.58 Å². The quantitative estimate of drug-likeness (QED) is 0.170. The summed E-state index contributed by atoms with van der Waals surface area (Å²) < 4.78 is 6.57. The minimum absolute atomic E-state index is 0.125. The van der Waals surface area contributed by atoms with E-state index in [9.17, 15) is 0 Å². The number of hydrogen-bond donors (Lipinski definition) is 0. The van der Waals surface area contributed by atoms with Crippen molar-refractivity contribution in [2.45, 2.75) is 31.6 Å². The summed E-state index contributed by atoms with van der Waals surface area (Å²) in [6, 6.07) is 55.0. The molecule has 6 heteroatoms. The van der Waals surface area contributed by atoms with Crippen LogP contribution < -0.4 is 4.58 Å². The molecule has 0 unspecified atom stereocenters. The van der Waals surface area contributed by atoms with Crippen LogP contribution in [-0.4, -0.2) is 37.2 Å². The predicted octanol–water partition coefficient (Wildman–Crippen LogP) is 11.1. The molecule has 3 aromatic heterocycles. The second-order valence-electron chi connectivity index (χ2n) is 16.0. The Morgan fingerprint density at radius 1 is 0.589 bits per heavy atom. The lowest BCUT2D eigenvalue weighted by molar-refractivity contribution is -0.394. The third-order valence-corrected chi connectivity index (χ3v) is 11.8. The molecular formula is C50H38N6+2. The summed E-state index contributed by atoms with van der Waals surface area (Å²) in [5.41, 5.74) is 15.1. The van der Waals surface area contributed by atoms with Crippen LogP contribution in [0.5, 0.6) is 0 Å². The summed E-state index contributed by atoms with van der Waals surface area (Å²) in [6.45, 7) is 6.93. The summed E-state index contributed by atoms with van der Waals surface area (Å²) in [5, 5.41) is 2.32. The van der Waals surface area contributed by atoms with Crippen molar-refractivity contribution in [1.82, 2.24) is 24.1 Å². The van der Waals surface area contributed by atoms with Gasteiger partial charge in [0.1, 0.15) is 5.52 Å². The molecule has 0 spiro atoms. The number of nitrogens with zero attached hydrogens (tertiary/aromatic N) is 6. The van der Waals surface area contributed by atoms with Crippen molar-refractivity contribution >= 4 is 55.9 Å². The minimum atomic E-state index is -0.630. The van der Waals surface area contributed by atoms with E-state index >= 15 is 0 Å². The van der Waals surface area contributed by atoms with Gasteiger partial charge in [-0.1, -0.05) is 116 Å². The lowest BCUT2D eigenvalue weighted by Crippen LogP contribution is -2.29. The first-order chi connectivity index (χ1) is 27.3. The Morgan fingerprint density at radius 2 is 1.27 bits per heavy atom. The number of para-hydroxylation sites is 3. The lowest BCUT2D eigenvalue weighted by Gasteiger charge is -2.35. The molecule has 56 heavy (non-hydrogen) atoms.